The van der Waals surface area contributed by atoms with Gasteiger partial charge in [-0.1, -0.05) is 47.5 Å². The molecule has 0 fully saturated rings. The van der Waals surface area contributed by atoms with Crippen LogP contribution in [0, 0.1) is 27.7 Å². The number of aliphatic imine (C=N–C) groups is 2. The number of aromatic nitrogens is 6. The molecule has 6 aromatic rings. The van der Waals surface area contributed by atoms with Crippen LogP contribution in [0.1, 0.15) is 101 Å². The summed E-state index contributed by atoms with van der Waals surface area (Å²) in [5, 5.41) is 25.2. The number of amides is 2. The molecule has 2 aliphatic rings. The summed E-state index contributed by atoms with van der Waals surface area (Å²) in [6.07, 6.45) is -0.168. The third-order valence-corrected chi connectivity index (χ3v) is 13.3. The van der Waals surface area contributed by atoms with Crippen molar-refractivity contribution in [1.29, 1.82) is 0 Å². The fourth-order valence-electron chi connectivity index (χ4n) is 7.26. The van der Waals surface area contributed by atoms with E-state index in [0.717, 1.165) is 0 Å². The summed E-state index contributed by atoms with van der Waals surface area (Å²) in [4.78, 5) is 63.9. The first kappa shape index (κ1) is 41.7. The van der Waals surface area contributed by atoms with Crippen molar-refractivity contribution in [3.63, 3.8) is 0 Å². The monoisotopic (exact) mass is 895 g/mol. The summed E-state index contributed by atoms with van der Waals surface area (Å²) in [5.74, 6) is -0.00225. The summed E-state index contributed by atoms with van der Waals surface area (Å²) in [5.41, 5.74) is 5.04. The Morgan fingerprint density at radius 3 is 1.38 bits per heavy atom. The Kier molecular flexibility index (Phi) is 11.5. The van der Waals surface area contributed by atoms with E-state index in [2.05, 4.69) is 30.9 Å². The third kappa shape index (κ3) is 7.66. The van der Waals surface area contributed by atoms with Gasteiger partial charge in [-0.3, -0.25) is 38.3 Å². The lowest BCUT2D eigenvalue weighted by Crippen LogP contribution is -2.40. The normalized spacial score (nSPS) is 15.1. The molecule has 6 heterocycles. The molecular weight excluding hydrogens is 862 g/mol. The van der Waals surface area contributed by atoms with Crippen LogP contribution in [0.4, 0.5) is 0 Å². The number of hydrogen-bond acceptors (Lipinski definition) is 14. The minimum Gasteiger partial charge on any atom is -0.469 e. The van der Waals surface area contributed by atoms with Crippen molar-refractivity contribution in [3.05, 3.63) is 125 Å². The van der Waals surface area contributed by atoms with Crippen molar-refractivity contribution in [2.24, 2.45) is 9.98 Å². The summed E-state index contributed by atoms with van der Waals surface area (Å²) >= 11 is 14.9. The number of benzene rings is 2. The van der Waals surface area contributed by atoms with Gasteiger partial charge in [-0.25, -0.2) is 0 Å². The van der Waals surface area contributed by atoms with Gasteiger partial charge < -0.3 is 19.9 Å². The number of esters is 2. The Hall–Kier alpha value is -6.02. The molecule has 2 aromatic carbocycles. The highest BCUT2D eigenvalue weighted by molar-refractivity contribution is 7.17. The molecule has 2 aliphatic heterocycles. The smallest absolute Gasteiger partial charge is 0.390 e. The molecule has 309 valence electrons. The summed E-state index contributed by atoms with van der Waals surface area (Å²) < 4.78 is 13.6. The molecule has 0 unspecified atom stereocenters. The van der Waals surface area contributed by atoms with Gasteiger partial charge in [0.15, 0.2) is 11.6 Å². The minimum atomic E-state index is -0.731. The average molecular weight is 897 g/mol. The Morgan fingerprint density at radius 2 is 1.02 bits per heavy atom. The number of carbonyl (C=O) groups excluding carboxylic acids is 4. The number of nitrogens with one attached hydrogen (secondary N) is 2. The van der Waals surface area contributed by atoms with Gasteiger partial charge in [0.1, 0.15) is 33.7 Å². The zero-order valence-corrected chi connectivity index (χ0v) is 36.5. The van der Waals surface area contributed by atoms with Gasteiger partial charge in [0.2, 0.25) is 0 Å². The Balaban J connectivity index is 1.10. The quantitative estimate of drug-likeness (QED) is 0.120. The van der Waals surface area contributed by atoms with E-state index in [0.29, 0.717) is 97.9 Å². The maximum Gasteiger partial charge on any atom is 0.390 e. The highest BCUT2D eigenvalue weighted by atomic mass is 35.5. The second-order valence-corrected chi connectivity index (χ2v) is 16.9. The van der Waals surface area contributed by atoms with Gasteiger partial charge in [0.05, 0.1) is 48.2 Å². The number of hydrogen-bond donors (Lipinski definition) is 2. The minimum absolute atomic E-state index is 0.0838. The molecule has 8 rings (SSSR count). The van der Waals surface area contributed by atoms with Crippen molar-refractivity contribution >= 4 is 88.6 Å². The number of methoxy groups -OCH3 is 2. The van der Waals surface area contributed by atoms with Crippen LogP contribution in [0.5, 0.6) is 0 Å². The average Bonchev–Trinajstić information content (AvgIpc) is 3.96. The first-order valence-corrected chi connectivity index (χ1v) is 21.0. The SMILES string of the molecule is COC(=O)C[C@@H]1N=C(c2ccc(Cl)cc2)c2c(sc(C(=O)N[B]NC(=O)c3sc4c(c3C)C(c3ccc(Cl)cc3)=N[C@@H](CC(=O)OC)c3nnc(C)n3-4)c2C)-n2c(C)nnc21. The van der Waals surface area contributed by atoms with E-state index in [1.165, 1.54) is 44.4 Å². The second-order valence-electron chi connectivity index (χ2n) is 14.0. The highest BCUT2D eigenvalue weighted by Gasteiger charge is 2.36. The van der Waals surface area contributed by atoms with E-state index in [-0.39, 0.29) is 12.8 Å². The second kappa shape index (κ2) is 16.8. The van der Waals surface area contributed by atoms with Crippen molar-refractivity contribution in [1.82, 2.24) is 40.0 Å². The van der Waals surface area contributed by atoms with Gasteiger partial charge in [-0.2, -0.15) is 0 Å². The van der Waals surface area contributed by atoms with E-state index in [9.17, 15) is 19.2 Å². The first-order chi connectivity index (χ1) is 29.3. The predicted octanol–water partition coefficient (Wildman–Crippen LogP) is 6.12. The molecule has 0 saturated heterocycles. The van der Waals surface area contributed by atoms with E-state index in [1.807, 2.05) is 38.1 Å². The molecule has 1 radical (unpaired) electrons. The summed E-state index contributed by atoms with van der Waals surface area (Å²) in [6.45, 7) is 7.19. The van der Waals surface area contributed by atoms with Gasteiger partial charge in [0, 0.05) is 32.3 Å². The standard InChI is InChI=1S/C40H34BCl2N10O6S2/c1-17-29-31(21-7-11-23(42)12-8-21)44-25(15-27(54)58-5)35-50-48-19(3)52(35)39(29)60-33(17)37(56)46-41-47-38(57)34-18(2)30-32(22-9-13-24(43)14-10-22)45-26(16-28(55)59-6)36-51-49-20(4)53(36)40(30)61-34/h7-14,25-26H,15-16H2,1-6H3,(H,46,56)(H,47,57)/t25-,26-/m0/s1. The molecular formula is C40H34BCl2N10O6S2. The maximum atomic E-state index is 14.0. The van der Waals surface area contributed by atoms with Crippen molar-refractivity contribution < 1.29 is 28.7 Å². The molecule has 21 heteroatoms. The molecule has 16 nitrogen and oxygen atoms in total. The van der Waals surface area contributed by atoms with Crippen LogP contribution < -0.4 is 10.5 Å². The fourth-order valence-corrected chi connectivity index (χ4v) is 10.0. The van der Waals surface area contributed by atoms with Crippen LogP contribution in [0.15, 0.2) is 58.5 Å². The Labute approximate surface area is 367 Å². The number of ether oxygens (including phenoxy) is 2. The lowest BCUT2D eigenvalue weighted by atomic mass is 9.98. The molecule has 4 aromatic heterocycles. The topological polar surface area (TPSA) is 197 Å². The third-order valence-electron chi connectivity index (χ3n) is 10.2. The molecule has 0 bridgehead atoms. The largest absolute Gasteiger partial charge is 0.469 e. The fraction of sp³-hybridized carbons (Fsp3) is 0.250. The molecule has 0 saturated carbocycles. The van der Waals surface area contributed by atoms with Crippen LogP contribution in [0.25, 0.3) is 10.0 Å². The van der Waals surface area contributed by atoms with Gasteiger partial charge in [0.25, 0.3) is 11.8 Å². The lowest BCUT2D eigenvalue weighted by molar-refractivity contribution is -0.142. The van der Waals surface area contributed by atoms with Crippen molar-refractivity contribution in [3.8, 4) is 10.0 Å². The van der Waals surface area contributed by atoms with Crippen LogP contribution in [0.2, 0.25) is 10.0 Å². The van der Waals surface area contributed by atoms with E-state index in [1.54, 1.807) is 47.2 Å². The predicted molar refractivity (Wildman–Crippen MR) is 231 cm³/mol. The number of rotatable bonds is 10. The molecule has 2 N–H and O–H groups in total. The van der Waals surface area contributed by atoms with Crippen molar-refractivity contribution in [2.45, 2.75) is 52.6 Å². The van der Waals surface area contributed by atoms with Gasteiger partial charge in [-0.05, 0) is 63.1 Å². The van der Waals surface area contributed by atoms with E-state index >= 15 is 0 Å². The number of thiophene rings is 2. The number of aryl methyl sites for hydroxylation is 2. The summed E-state index contributed by atoms with van der Waals surface area (Å²) in [7, 11) is 3.82. The Morgan fingerprint density at radius 1 is 0.639 bits per heavy atom. The first-order valence-electron chi connectivity index (χ1n) is 18.7. The number of carbonyl (C=O) groups is 4. The zero-order chi connectivity index (χ0) is 43.3. The highest BCUT2D eigenvalue weighted by Crippen LogP contribution is 2.42. The van der Waals surface area contributed by atoms with E-state index < -0.39 is 35.8 Å². The van der Waals surface area contributed by atoms with Crippen LogP contribution in [0.3, 0.4) is 0 Å². The number of halogens is 2. The molecule has 2 atom stereocenters. The summed E-state index contributed by atoms with van der Waals surface area (Å²) in [6, 6.07) is 12.8. The molecule has 0 aliphatic carbocycles. The van der Waals surface area contributed by atoms with Crippen molar-refractivity contribution in [2.75, 3.05) is 14.2 Å². The van der Waals surface area contributed by atoms with E-state index in [4.69, 9.17) is 42.7 Å². The lowest BCUT2D eigenvalue weighted by Gasteiger charge is -2.12. The zero-order valence-electron chi connectivity index (χ0n) is 33.4. The molecule has 2 amide bonds. The number of fused-ring (bicyclic) bond motifs is 6. The molecule has 0 spiro atoms. The van der Waals surface area contributed by atoms with Gasteiger partial charge in [-0.15, -0.1) is 43.1 Å². The van der Waals surface area contributed by atoms with Crippen LogP contribution in [-0.4, -0.2) is 86.5 Å². The van der Waals surface area contributed by atoms with Gasteiger partial charge >= 0.3 is 19.5 Å². The van der Waals surface area contributed by atoms with Crippen LogP contribution >= 0.6 is 45.9 Å². The number of nitrogens with zero attached hydrogens (tertiary/aromatic N) is 8. The van der Waals surface area contributed by atoms with Crippen LogP contribution in [-0.2, 0) is 19.1 Å². The molecule has 61 heavy (non-hydrogen) atoms. The Bertz CT molecular complexity index is 2640. The maximum absolute atomic E-state index is 14.0.